The van der Waals surface area contributed by atoms with Crippen LogP contribution in [0, 0.1) is 6.92 Å². The van der Waals surface area contributed by atoms with Gasteiger partial charge in [0.1, 0.15) is 5.82 Å². The fourth-order valence-electron chi connectivity index (χ4n) is 2.43. The number of aromatic nitrogens is 3. The molecule has 0 aliphatic carbocycles. The van der Waals surface area contributed by atoms with Crippen molar-refractivity contribution in [1.29, 1.82) is 0 Å². The molecule has 0 saturated heterocycles. The van der Waals surface area contributed by atoms with E-state index in [2.05, 4.69) is 25.2 Å². The van der Waals surface area contributed by atoms with E-state index in [4.69, 9.17) is 11.6 Å². The Labute approximate surface area is 152 Å². The Hall–Kier alpha value is -2.66. The number of hydrogen-bond acceptors (Lipinski definition) is 5. The van der Waals surface area contributed by atoms with Gasteiger partial charge in [-0.1, -0.05) is 17.7 Å². The van der Waals surface area contributed by atoms with Crippen molar-refractivity contribution in [3.05, 3.63) is 71.1 Å². The third-order valence-electron chi connectivity index (χ3n) is 3.96. The Kier molecular flexibility index (Phi) is 5.46. The minimum absolute atomic E-state index is 0.554. The Balaban J connectivity index is 1.69. The van der Waals surface area contributed by atoms with Gasteiger partial charge in [-0.25, -0.2) is 4.98 Å². The van der Waals surface area contributed by atoms with Gasteiger partial charge >= 0.3 is 0 Å². The van der Waals surface area contributed by atoms with E-state index in [1.165, 1.54) is 5.56 Å². The number of aryl methyl sites for hydroxylation is 1. The largest absolute Gasteiger partial charge is 0.359 e. The molecule has 2 aromatic heterocycles. The minimum atomic E-state index is 0.554. The predicted molar refractivity (Wildman–Crippen MR) is 103 cm³/mol. The molecule has 0 aliphatic heterocycles. The van der Waals surface area contributed by atoms with Crippen LogP contribution < -0.4 is 10.2 Å². The normalized spacial score (nSPS) is 10.5. The van der Waals surface area contributed by atoms with Gasteiger partial charge in [0.15, 0.2) is 0 Å². The lowest BCUT2D eigenvalue weighted by atomic mass is 10.2. The van der Waals surface area contributed by atoms with Crippen LogP contribution in [0.5, 0.6) is 0 Å². The highest BCUT2D eigenvalue weighted by Crippen LogP contribution is 2.23. The monoisotopic (exact) mass is 353 g/mol. The zero-order valence-electron chi connectivity index (χ0n) is 14.3. The van der Waals surface area contributed by atoms with Crippen molar-refractivity contribution < 1.29 is 0 Å². The molecule has 0 bridgehead atoms. The van der Waals surface area contributed by atoms with E-state index >= 15 is 0 Å². The molecule has 0 fully saturated rings. The summed E-state index contributed by atoms with van der Waals surface area (Å²) >= 11 is 6.07. The number of likely N-dealkylation sites (N-methyl/N-ethyl adjacent to an activating group) is 1. The van der Waals surface area contributed by atoms with E-state index in [0.717, 1.165) is 30.0 Å². The SMILES string of the molecule is Cc1ccc(Cl)cc1Nc1nccc(N(C)CCc2ccncc2)n1. The first-order valence-electron chi connectivity index (χ1n) is 8.08. The Morgan fingerprint density at radius 2 is 1.88 bits per heavy atom. The van der Waals surface area contributed by atoms with Crippen LogP contribution in [0.25, 0.3) is 0 Å². The fourth-order valence-corrected chi connectivity index (χ4v) is 2.60. The van der Waals surface area contributed by atoms with Gasteiger partial charge in [0, 0.05) is 42.9 Å². The highest BCUT2D eigenvalue weighted by Gasteiger charge is 2.07. The summed E-state index contributed by atoms with van der Waals surface area (Å²) in [7, 11) is 2.03. The lowest BCUT2D eigenvalue weighted by molar-refractivity contribution is 0.855. The fraction of sp³-hybridized carbons (Fsp3) is 0.211. The highest BCUT2D eigenvalue weighted by atomic mass is 35.5. The minimum Gasteiger partial charge on any atom is -0.359 e. The Bertz CT molecular complexity index is 838. The zero-order valence-corrected chi connectivity index (χ0v) is 15.0. The molecular weight excluding hydrogens is 334 g/mol. The van der Waals surface area contributed by atoms with E-state index in [1.807, 2.05) is 62.8 Å². The van der Waals surface area contributed by atoms with Gasteiger partial charge in [0.25, 0.3) is 0 Å². The van der Waals surface area contributed by atoms with Crippen LogP contribution in [0.1, 0.15) is 11.1 Å². The van der Waals surface area contributed by atoms with Gasteiger partial charge in [0.2, 0.25) is 5.95 Å². The first-order chi connectivity index (χ1) is 12.1. The highest BCUT2D eigenvalue weighted by molar-refractivity contribution is 6.30. The number of rotatable bonds is 6. The number of nitrogens with zero attached hydrogens (tertiary/aromatic N) is 4. The van der Waals surface area contributed by atoms with Crippen LogP contribution in [-0.4, -0.2) is 28.5 Å². The summed E-state index contributed by atoms with van der Waals surface area (Å²) in [5, 5.41) is 3.92. The van der Waals surface area contributed by atoms with Crippen molar-refractivity contribution in [3.63, 3.8) is 0 Å². The van der Waals surface area contributed by atoms with Crippen LogP contribution in [0.2, 0.25) is 5.02 Å². The third kappa shape index (κ3) is 4.67. The summed E-state index contributed by atoms with van der Waals surface area (Å²) < 4.78 is 0. The van der Waals surface area contributed by atoms with Crippen LogP contribution in [-0.2, 0) is 6.42 Å². The van der Waals surface area contributed by atoms with E-state index in [9.17, 15) is 0 Å². The molecule has 0 spiro atoms. The second-order valence-corrected chi connectivity index (χ2v) is 6.29. The van der Waals surface area contributed by atoms with Crippen LogP contribution in [0.4, 0.5) is 17.5 Å². The summed E-state index contributed by atoms with van der Waals surface area (Å²) in [5.41, 5.74) is 3.25. The van der Waals surface area contributed by atoms with E-state index < -0.39 is 0 Å². The molecule has 1 aromatic carbocycles. The summed E-state index contributed by atoms with van der Waals surface area (Å²) in [6, 6.07) is 11.7. The lowest BCUT2D eigenvalue weighted by Gasteiger charge is -2.19. The maximum atomic E-state index is 6.07. The predicted octanol–water partition coefficient (Wildman–Crippen LogP) is 4.26. The van der Waals surface area contributed by atoms with Crippen molar-refractivity contribution in [1.82, 2.24) is 15.0 Å². The second-order valence-electron chi connectivity index (χ2n) is 5.85. The summed E-state index contributed by atoms with van der Waals surface area (Å²) in [5.74, 6) is 1.42. The van der Waals surface area contributed by atoms with Gasteiger partial charge in [-0.15, -0.1) is 0 Å². The Morgan fingerprint density at radius 3 is 2.68 bits per heavy atom. The van der Waals surface area contributed by atoms with Crippen LogP contribution >= 0.6 is 11.6 Å². The zero-order chi connectivity index (χ0) is 17.6. The van der Waals surface area contributed by atoms with Crippen LogP contribution in [0.3, 0.4) is 0 Å². The van der Waals surface area contributed by atoms with Crippen LogP contribution in [0.15, 0.2) is 55.0 Å². The van der Waals surface area contributed by atoms with Crippen molar-refractivity contribution >= 4 is 29.1 Å². The average Bonchev–Trinajstić information content (AvgIpc) is 2.64. The third-order valence-corrected chi connectivity index (χ3v) is 4.20. The number of hydrogen-bond donors (Lipinski definition) is 1. The molecule has 3 aromatic rings. The molecule has 0 radical (unpaired) electrons. The van der Waals surface area contributed by atoms with E-state index in [0.29, 0.717) is 11.0 Å². The maximum Gasteiger partial charge on any atom is 0.229 e. The molecular formula is C19H20ClN5. The average molecular weight is 354 g/mol. The summed E-state index contributed by atoms with van der Waals surface area (Å²) in [4.78, 5) is 15.1. The standard InChI is InChI=1S/C19H20ClN5/c1-14-3-4-16(20)13-17(14)23-19-22-11-7-18(24-19)25(2)12-8-15-5-9-21-10-6-15/h3-7,9-11,13H,8,12H2,1-2H3,(H,22,23,24). The molecule has 0 atom stereocenters. The molecule has 0 unspecified atom stereocenters. The topological polar surface area (TPSA) is 53.9 Å². The summed E-state index contributed by atoms with van der Waals surface area (Å²) in [6.07, 6.45) is 6.32. The second kappa shape index (κ2) is 7.94. The van der Waals surface area contributed by atoms with Crippen molar-refractivity contribution in [2.75, 3.05) is 23.8 Å². The number of pyridine rings is 1. The number of anilines is 3. The van der Waals surface area contributed by atoms with E-state index in [1.54, 1.807) is 6.20 Å². The summed E-state index contributed by atoms with van der Waals surface area (Å²) in [6.45, 7) is 2.88. The van der Waals surface area contributed by atoms with Crippen molar-refractivity contribution in [2.24, 2.45) is 0 Å². The smallest absolute Gasteiger partial charge is 0.229 e. The van der Waals surface area contributed by atoms with Gasteiger partial charge in [-0.05, 0) is 54.8 Å². The first kappa shape index (κ1) is 17.2. The van der Waals surface area contributed by atoms with Crippen molar-refractivity contribution in [3.8, 4) is 0 Å². The molecule has 6 heteroatoms. The van der Waals surface area contributed by atoms with E-state index in [-0.39, 0.29) is 0 Å². The lowest BCUT2D eigenvalue weighted by Crippen LogP contribution is -2.21. The van der Waals surface area contributed by atoms with Gasteiger partial charge in [-0.3, -0.25) is 4.98 Å². The first-order valence-corrected chi connectivity index (χ1v) is 8.46. The Morgan fingerprint density at radius 1 is 1.08 bits per heavy atom. The number of nitrogens with one attached hydrogen (secondary N) is 1. The molecule has 25 heavy (non-hydrogen) atoms. The van der Waals surface area contributed by atoms with Gasteiger partial charge in [0.05, 0.1) is 0 Å². The molecule has 2 heterocycles. The van der Waals surface area contributed by atoms with Crippen molar-refractivity contribution in [2.45, 2.75) is 13.3 Å². The molecule has 0 aliphatic rings. The molecule has 3 rings (SSSR count). The molecule has 1 N–H and O–H groups in total. The molecule has 0 saturated carbocycles. The quantitative estimate of drug-likeness (QED) is 0.717. The number of halogens is 1. The molecule has 5 nitrogen and oxygen atoms in total. The maximum absolute atomic E-state index is 6.07. The van der Waals surface area contributed by atoms with Gasteiger partial charge in [-0.2, -0.15) is 4.98 Å². The number of benzene rings is 1. The molecule has 0 amide bonds. The van der Waals surface area contributed by atoms with Gasteiger partial charge < -0.3 is 10.2 Å². The molecule has 128 valence electrons.